The molecule has 1 amide bonds. The number of carbonyl (C=O) groups is 1. The lowest BCUT2D eigenvalue weighted by Gasteiger charge is -2.31. The molecule has 174 valence electrons. The molecule has 0 spiro atoms. The summed E-state index contributed by atoms with van der Waals surface area (Å²) in [7, 11) is 1.69. The average molecular weight is 456 g/mol. The molecule has 2 aromatic carbocycles. The number of ether oxygens (including phenoxy) is 2. The molecule has 1 aromatic heterocycles. The van der Waals surface area contributed by atoms with Gasteiger partial charge in [0.15, 0.2) is 11.5 Å². The number of pyridine rings is 1. The van der Waals surface area contributed by atoms with Crippen molar-refractivity contribution >= 4 is 17.3 Å². The summed E-state index contributed by atoms with van der Waals surface area (Å²) >= 11 is 0. The molecule has 6 nitrogen and oxygen atoms in total. The largest absolute Gasteiger partial charge is 0.493 e. The SMILES string of the molecule is COc1cc2c(c3c1OC(C)(C)C3)C(c1ccc(NC(=O)c3ccncc3)cc1)=NC(C)(C)C2. The van der Waals surface area contributed by atoms with Gasteiger partial charge in [0, 0.05) is 46.8 Å². The van der Waals surface area contributed by atoms with Crippen molar-refractivity contribution in [3.63, 3.8) is 0 Å². The molecule has 3 aromatic rings. The minimum absolute atomic E-state index is 0.166. The highest BCUT2D eigenvalue weighted by atomic mass is 16.5. The minimum Gasteiger partial charge on any atom is -0.493 e. The first-order chi connectivity index (χ1) is 16.2. The van der Waals surface area contributed by atoms with Crippen LogP contribution in [0.2, 0.25) is 0 Å². The zero-order chi connectivity index (χ0) is 24.1. The van der Waals surface area contributed by atoms with Gasteiger partial charge in [0.25, 0.3) is 5.91 Å². The molecule has 0 aliphatic carbocycles. The molecule has 5 rings (SSSR count). The Morgan fingerprint density at radius 3 is 2.41 bits per heavy atom. The molecule has 34 heavy (non-hydrogen) atoms. The number of rotatable bonds is 4. The zero-order valence-corrected chi connectivity index (χ0v) is 20.2. The van der Waals surface area contributed by atoms with E-state index in [9.17, 15) is 4.79 Å². The first kappa shape index (κ1) is 22.1. The Morgan fingerprint density at radius 1 is 1.03 bits per heavy atom. The second kappa shape index (κ2) is 7.97. The van der Waals surface area contributed by atoms with Gasteiger partial charge in [-0.25, -0.2) is 0 Å². The van der Waals surface area contributed by atoms with Crippen molar-refractivity contribution in [3.8, 4) is 11.5 Å². The van der Waals surface area contributed by atoms with Crippen LogP contribution in [0.25, 0.3) is 0 Å². The van der Waals surface area contributed by atoms with Crippen LogP contribution in [0.3, 0.4) is 0 Å². The number of amides is 1. The predicted octanol–water partition coefficient (Wildman–Crippen LogP) is 5.23. The Bertz CT molecular complexity index is 1290. The third-order valence-corrected chi connectivity index (χ3v) is 6.26. The second-order valence-corrected chi connectivity index (χ2v) is 10.2. The number of benzene rings is 2. The van der Waals surface area contributed by atoms with Gasteiger partial charge in [-0.15, -0.1) is 0 Å². The molecule has 0 unspecified atom stereocenters. The molecule has 2 aliphatic heterocycles. The van der Waals surface area contributed by atoms with Gasteiger partial charge in [-0.1, -0.05) is 12.1 Å². The third kappa shape index (κ3) is 4.04. The van der Waals surface area contributed by atoms with Crippen molar-refractivity contribution in [2.24, 2.45) is 4.99 Å². The molecule has 0 bridgehead atoms. The van der Waals surface area contributed by atoms with Crippen LogP contribution in [-0.2, 0) is 12.8 Å². The van der Waals surface area contributed by atoms with Crippen LogP contribution in [0.5, 0.6) is 11.5 Å². The van der Waals surface area contributed by atoms with Crippen LogP contribution in [-0.4, -0.2) is 34.9 Å². The quantitative estimate of drug-likeness (QED) is 0.585. The van der Waals surface area contributed by atoms with Gasteiger partial charge in [-0.05, 0) is 70.0 Å². The van der Waals surface area contributed by atoms with Gasteiger partial charge in [-0.3, -0.25) is 14.8 Å². The van der Waals surface area contributed by atoms with Gasteiger partial charge in [0.2, 0.25) is 0 Å². The van der Waals surface area contributed by atoms with Crippen molar-refractivity contribution in [1.82, 2.24) is 4.98 Å². The van der Waals surface area contributed by atoms with E-state index in [1.165, 1.54) is 5.56 Å². The number of anilines is 1. The predicted molar refractivity (Wildman–Crippen MR) is 133 cm³/mol. The van der Waals surface area contributed by atoms with E-state index in [-0.39, 0.29) is 17.0 Å². The van der Waals surface area contributed by atoms with Crippen molar-refractivity contribution < 1.29 is 14.3 Å². The van der Waals surface area contributed by atoms with Crippen LogP contribution in [0, 0.1) is 0 Å². The molecule has 2 aliphatic rings. The Balaban J connectivity index is 1.53. The molecule has 0 fully saturated rings. The third-order valence-electron chi connectivity index (χ3n) is 6.26. The van der Waals surface area contributed by atoms with Crippen molar-refractivity contribution in [2.75, 3.05) is 12.4 Å². The minimum atomic E-state index is -0.302. The summed E-state index contributed by atoms with van der Waals surface area (Å²) in [4.78, 5) is 21.6. The van der Waals surface area contributed by atoms with Gasteiger partial charge >= 0.3 is 0 Å². The monoisotopic (exact) mass is 455 g/mol. The standard InChI is InChI=1S/C28H29N3O3/c1-27(2)15-19-14-22(33-5)25-21(16-28(3,4)34-25)23(19)24(31-27)17-6-8-20(9-7-17)30-26(32)18-10-12-29-13-11-18/h6-14H,15-16H2,1-5H3,(H,30,32). The van der Waals surface area contributed by atoms with E-state index in [1.807, 2.05) is 24.3 Å². The fourth-order valence-electron chi connectivity index (χ4n) is 4.85. The average Bonchev–Trinajstić information content (AvgIpc) is 3.13. The summed E-state index contributed by atoms with van der Waals surface area (Å²) < 4.78 is 12.0. The Kier molecular flexibility index (Phi) is 5.19. The van der Waals surface area contributed by atoms with E-state index in [4.69, 9.17) is 14.5 Å². The van der Waals surface area contributed by atoms with E-state index in [0.29, 0.717) is 5.56 Å². The Hall–Kier alpha value is -3.67. The number of aliphatic imine (C=N–C) groups is 1. The number of methoxy groups -OCH3 is 1. The van der Waals surface area contributed by atoms with Crippen molar-refractivity contribution in [2.45, 2.75) is 51.7 Å². The highest BCUT2D eigenvalue weighted by Gasteiger charge is 2.39. The van der Waals surface area contributed by atoms with Gasteiger partial charge < -0.3 is 14.8 Å². The van der Waals surface area contributed by atoms with Crippen LogP contribution < -0.4 is 14.8 Å². The summed E-state index contributed by atoms with van der Waals surface area (Å²) in [6.07, 6.45) is 4.84. The lowest BCUT2D eigenvalue weighted by Crippen LogP contribution is -2.30. The molecule has 0 saturated carbocycles. The Labute approximate surface area is 200 Å². The van der Waals surface area contributed by atoms with E-state index < -0.39 is 0 Å². The van der Waals surface area contributed by atoms with Crippen LogP contribution in [0.1, 0.15) is 60.3 Å². The van der Waals surface area contributed by atoms with Gasteiger partial charge in [-0.2, -0.15) is 0 Å². The summed E-state index contributed by atoms with van der Waals surface area (Å²) in [5.74, 6) is 1.44. The maximum atomic E-state index is 12.5. The van der Waals surface area contributed by atoms with Crippen LogP contribution in [0.15, 0.2) is 59.9 Å². The summed E-state index contributed by atoms with van der Waals surface area (Å²) in [5.41, 5.74) is 6.24. The summed E-state index contributed by atoms with van der Waals surface area (Å²) in [5, 5.41) is 2.95. The number of aromatic nitrogens is 1. The number of hydrogen-bond donors (Lipinski definition) is 1. The van der Waals surface area contributed by atoms with E-state index in [2.05, 4.69) is 44.1 Å². The number of fused-ring (bicyclic) bond motifs is 3. The lowest BCUT2D eigenvalue weighted by atomic mass is 9.81. The number of nitrogens with one attached hydrogen (secondary N) is 1. The van der Waals surface area contributed by atoms with E-state index >= 15 is 0 Å². The summed E-state index contributed by atoms with van der Waals surface area (Å²) in [6, 6.07) is 13.4. The zero-order valence-electron chi connectivity index (χ0n) is 20.2. The highest BCUT2D eigenvalue weighted by Crippen LogP contribution is 2.47. The first-order valence-electron chi connectivity index (χ1n) is 11.5. The molecule has 1 N–H and O–H groups in total. The van der Waals surface area contributed by atoms with Crippen LogP contribution in [0.4, 0.5) is 5.69 Å². The van der Waals surface area contributed by atoms with E-state index in [0.717, 1.165) is 52.4 Å². The molecular formula is C28H29N3O3. The molecule has 3 heterocycles. The van der Waals surface area contributed by atoms with E-state index in [1.54, 1.807) is 31.6 Å². The second-order valence-electron chi connectivity index (χ2n) is 10.2. The van der Waals surface area contributed by atoms with Crippen LogP contribution >= 0.6 is 0 Å². The number of carbonyl (C=O) groups excluding carboxylic acids is 1. The maximum Gasteiger partial charge on any atom is 0.255 e. The molecule has 0 atom stereocenters. The molecule has 0 radical (unpaired) electrons. The normalized spacial score (nSPS) is 17.1. The van der Waals surface area contributed by atoms with Crippen molar-refractivity contribution in [3.05, 3.63) is 82.7 Å². The van der Waals surface area contributed by atoms with Crippen molar-refractivity contribution in [1.29, 1.82) is 0 Å². The molecule has 0 saturated heterocycles. The topological polar surface area (TPSA) is 72.8 Å². The Morgan fingerprint density at radius 2 is 1.74 bits per heavy atom. The first-order valence-corrected chi connectivity index (χ1v) is 11.5. The lowest BCUT2D eigenvalue weighted by molar-refractivity contribution is 0.102. The highest BCUT2D eigenvalue weighted by molar-refractivity contribution is 6.16. The smallest absolute Gasteiger partial charge is 0.255 e. The van der Waals surface area contributed by atoms with Gasteiger partial charge in [0.05, 0.1) is 18.4 Å². The fraction of sp³-hybridized carbons (Fsp3) is 0.321. The van der Waals surface area contributed by atoms with Gasteiger partial charge in [0.1, 0.15) is 5.60 Å². The fourth-order valence-corrected chi connectivity index (χ4v) is 4.85. The maximum absolute atomic E-state index is 12.5. The molecule has 6 heteroatoms. The number of hydrogen-bond acceptors (Lipinski definition) is 5. The molecular weight excluding hydrogens is 426 g/mol. The number of nitrogens with zero attached hydrogens (tertiary/aromatic N) is 2. The summed E-state index contributed by atoms with van der Waals surface area (Å²) in [6.45, 7) is 8.50.